The molecule has 2 aromatic heterocycles. The number of aromatic carboxylic acids is 1. The molecule has 4 aromatic rings. The van der Waals surface area contributed by atoms with Crippen molar-refractivity contribution in [1.82, 2.24) is 19.4 Å². The highest BCUT2D eigenvalue weighted by atomic mass is 35.5. The molecule has 1 unspecified atom stereocenters. The number of fused-ring (bicyclic) bond motifs is 2. The number of aromatic nitrogens is 3. The van der Waals surface area contributed by atoms with Crippen molar-refractivity contribution in [1.29, 1.82) is 0 Å². The van der Waals surface area contributed by atoms with Gasteiger partial charge in [-0.1, -0.05) is 23.7 Å². The second-order valence-electron chi connectivity index (χ2n) is 11.0. The molecule has 0 spiro atoms. The number of halogens is 1. The molecule has 3 aliphatic rings. The van der Waals surface area contributed by atoms with Crippen LogP contribution in [0.1, 0.15) is 64.3 Å². The lowest BCUT2D eigenvalue weighted by molar-refractivity contribution is -0.0592. The van der Waals surface area contributed by atoms with Crippen molar-refractivity contribution in [3.63, 3.8) is 0 Å². The molecule has 0 saturated carbocycles. The maximum Gasteiger partial charge on any atom is 0.335 e. The normalized spacial score (nSPS) is 21.2. The van der Waals surface area contributed by atoms with E-state index in [-0.39, 0.29) is 17.8 Å². The molecule has 3 aliphatic heterocycles. The zero-order valence-corrected chi connectivity index (χ0v) is 22.9. The largest absolute Gasteiger partial charge is 0.483 e. The standard InChI is InChI=1S/C31H31ClN4O4/c32-21-5-7-26(33-16-21)29-15-24-23(2-1-3-28(24)40-29)19-8-11-35(12-9-19)18-30-34-25-6-4-20(31(37)38)14-27(25)36(30)17-22-10-13-39-22/h1-7,14,16,19,22,29H,8-13,15,17-18H2,(H,37,38)/t22-,29?/m0/s1. The molecule has 2 aromatic carbocycles. The van der Waals surface area contributed by atoms with E-state index in [0.29, 0.717) is 17.5 Å². The summed E-state index contributed by atoms with van der Waals surface area (Å²) >= 11 is 6.04. The highest BCUT2D eigenvalue weighted by Crippen LogP contribution is 2.42. The summed E-state index contributed by atoms with van der Waals surface area (Å²) in [5, 5.41) is 10.2. The van der Waals surface area contributed by atoms with Gasteiger partial charge in [0, 0.05) is 24.8 Å². The zero-order valence-electron chi connectivity index (χ0n) is 22.1. The Balaban J connectivity index is 1.06. The molecule has 0 amide bonds. The first-order valence-corrected chi connectivity index (χ1v) is 14.4. The van der Waals surface area contributed by atoms with Crippen molar-refractivity contribution < 1.29 is 19.4 Å². The molecule has 7 rings (SSSR count). The number of likely N-dealkylation sites (tertiary alicyclic amines) is 1. The van der Waals surface area contributed by atoms with Gasteiger partial charge in [-0.05, 0) is 80.2 Å². The van der Waals surface area contributed by atoms with Crippen molar-refractivity contribution in [2.75, 3.05) is 19.7 Å². The summed E-state index contributed by atoms with van der Waals surface area (Å²) in [6.45, 7) is 4.16. The third-order valence-electron chi connectivity index (χ3n) is 8.55. The Morgan fingerprint density at radius 2 is 1.95 bits per heavy atom. The van der Waals surface area contributed by atoms with E-state index in [4.69, 9.17) is 26.1 Å². The average molecular weight is 559 g/mol. The molecule has 8 nitrogen and oxygen atoms in total. The lowest BCUT2D eigenvalue weighted by atomic mass is 9.85. The van der Waals surface area contributed by atoms with Gasteiger partial charge < -0.3 is 19.1 Å². The highest BCUT2D eigenvalue weighted by molar-refractivity contribution is 6.30. The van der Waals surface area contributed by atoms with Gasteiger partial charge in [0.05, 0.1) is 46.5 Å². The van der Waals surface area contributed by atoms with Gasteiger partial charge in [-0.15, -0.1) is 0 Å². The van der Waals surface area contributed by atoms with E-state index in [2.05, 4.69) is 32.7 Å². The average Bonchev–Trinajstić information content (AvgIpc) is 3.52. The maximum atomic E-state index is 11.6. The molecule has 0 aliphatic carbocycles. The first kappa shape index (κ1) is 25.5. The van der Waals surface area contributed by atoms with Gasteiger partial charge in [0.25, 0.3) is 0 Å². The van der Waals surface area contributed by atoms with E-state index in [9.17, 15) is 9.90 Å². The zero-order chi connectivity index (χ0) is 27.2. The van der Waals surface area contributed by atoms with Gasteiger partial charge in [0.2, 0.25) is 0 Å². The first-order valence-electron chi connectivity index (χ1n) is 14.0. The van der Waals surface area contributed by atoms with Crippen LogP contribution >= 0.6 is 11.6 Å². The van der Waals surface area contributed by atoms with Crippen molar-refractivity contribution in [2.24, 2.45) is 0 Å². The Morgan fingerprint density at radius 1 is 1.10 bits per heavy atom. The molecular weight excluding hydrogens is 528 g/mol. The van der Waals surface area contributed by atoms with Gasteiger partial charge in [0.15, 0.2) is 0 Å². The molecule has 40 heavy (non-hydrogen) atoms. The van der Waals surface area contributed by atoms with Crippen LogP contribution in [0.3, 0.4) is 0 Å². The number of benzene rings is 2. The Morgan fingerprint density at radius 3 is 2.67 bits per heavy atom. The second kappa shape index (κ2) is 10.5. The Bertz CT molecular complexity index is 1560. The Hall–Kier alpha value is -3.46. The van der Waals surface area contributed by atoms with Crippen LogP contribution in [0.15, 0.2) is 54.7 Å². The lowest BCUT2D eigenvalue weighted by Gasteiger charge is -2.33. The van der Waals surface area contributed by atoms with Crippen molar-refractivity contribution in [3.8, 4) is 5.75 Å². The summed E-state index contributed by atoms with van der Waals surface area (Å²) in [5.41, 5.74) is 5.59. The fraction of sp³-hybridized carbons (Fsp3) is 0.387. The van der Waals surface area contributed by atoms with Crippen molar-refractivity contribution >= 4 is 28.6 Å². The fourth-order valence-corrected chi connectivity index (χ4v) is 6.39. The van der Waals surface area contributed by atoms with Crippen LogP contribution in [0, 0.1) is 0 Å². The predicted octanol–water partition coefficient (Wildman–Crippen LogP) is 5.63. The van der Waals surface area contributed by atoms with E-state index in [0.717, 1.165) is 80.2 Å². The van der Waals surface area contributed by atoms with E-state index < -0.39 is 5.97 Å². The van der Waals surface area contributed by atoms with Crippen LogP contribution in [0.4, 0.5) is 0 Å². The molecule has 2 saturated heterocycles. The van der Waals surface area contributed by atoms with Crippen LogP contribution in [0.2, 0.25) is 5.02 Å². The molecule has 5 heterocycles. The number of hydrogen-bond acceptors (Lipinski definition) is 6. The first-order chi connectivity index (χ1) is 19.5. The molecule has 2 atom stereocenters. The number of piperidine rings is 1. The van der Waals surface area contributed by atoms with Crippen LogP contribution in [0.25, 0.3) is 11.0 Å². The number of carbonyl (C=O) groups is 1. The molecule has 0 bridgehead atoms. The maximum absolute atomic E-state index is 11.6. The minimum Gasteiger partial charge on any atom is -0.483 e. The van der Waals surface area contributed by atoms with E-state index in [1.165, 1.54) is 11.1 Å². The van der Waals surface area contributed by atoms with E-state index in [1.54, 1.807) is 18.3 Å². The number of imidazole rings is 1. The monoisotopic (exact) mass is 558 g/mol. The third kappa shape index (κ3) is 4.85. The van der Waals surface area contributed by atoms with Gasteiger partial charge in [-0.2, -0.15) is 0 Å². The third-order valence-corrected chi connectivity index (χ3v) is 8.78. The number of carboxylic acid groups (broad SMARTS) is 1. The number of carboxylic acids is 1. The highest BCUT2D eigenvalue weighted by Gasteiger charge is 2.32. The van der Waals surface area contributed by atoms with E-state index in [1.807, 2.05) is 18.2 Å². The smallest absolute Gasteiger partial charge is 0.335 e. The van der Waals surface area contributed by atoms with Crippen molar-refractivity contribution in [2.45, 2.75) is 56.9 Å². The molecule has 2 fully saturated rings. The minimum absolute atomic E-state index is 0.0808. The van der Waals surface area contributed by atoms with Gasteiger partial charge >= 0.3 is 5.97 Å². The summed E-state index contributed by atoms with van der Waals surface area (Å²) in [4.78, 5) is 23.5. The van der Waals surface area contributed by atoms with Crippen LogP contribution in [-0.4, -0.2) is 56.3 Å². The minimum atomic E-state index is -0.924. The molecular formula is C31H31ClN4O4. The van der Waals surface area contributed by atoms with Crippen LogP contribution in [0.5, 0.6) is 5.75 Å². The molecule has 0 radical (unpaired) electrons. The number of nitrogens with zero attached hydrogens (tertiary/aromatic N) is 4. The lowest BCUT2D eigenvalue weighted by Crippen LogP contribution is -2.35. The number of rotatable bonds is 7. The molecule has 206 valence electrons. The van der Waals surface area contributed by atoms with Crippen molar-refractivity contribution in [3.05, 3.63) is 88.0 Å². The molecule has 1 N–H and O–H groups in total. The fourth-order valence-electron chi connectivity index (χ4n) is 6.28. The van der Waals surface area contributed by atoms with E-state index >= 15 is 0 Å². The summed E-state index contributed by atoms with van der Waals surface area (Å²) in [6.07, 6.45) is 5.73. The Kier molecular flexibility index (Phi) is 6.70. The summed E-state index contributed by atoms with van der Waals surface area (Å²) in [6, 6.07) is 15.4. The summed E-state index contributed by atoms with van der Waals surface area (Å²) in [7, 11) is 0. The summed E-state index contributed by atoms with van der Waals surface area (Å²) in [5.74, 6) is 1.49. The SMILES string of the molecule is O=C(O)c1ccc2nc(CN3CCC(c4cccc5c4CC(c4ccc(Cl)cn4)O5)CC3)n(C[C@@H]3CCO3)c2c1. The Labute approximate surface area is 237 Å². The van der Waals surface area contributed by atoms with Gasteiger partial charge in [-0.3, -0.25) is 9.88 Å². The predicted molar refractivity (Wildman–Crippen MR) is 151 cm³/mol. The number of hydrogen-bond donors (Lipinski definition) is 1. The number of pyridine rings is 1. The second-order valence-corrected chi connectivity index (χ2v) is 11.5. The topological polar surface area (TPSA) is 89.7 Å². The van der Waals surface area contributed by atoms with Crippen LogP contribution in [-0.2, 0) is 24.2 Å². The number of ether oxygens (including phenoxy) is 2. The van der Waals surface area contributed by atoms with Gasteiger partial charge in [-0.25, -0.2) is 9.78 Å². The summed E-state index contributed by atoms with van der Waals surface area (Å²) < 4.78 is 14.2. The molecule has 9 heteroatoms. The van der Waals surface area contributed by atoms with Crippen LogP contribution < -0.4 is 4.74 Å². The van der Waals surface area contributed by atoms with Gasteiger partial charge in [0.1, 0.15) is 17.7 Å². The quantitative estimate of drug-likeness (QED) is 0.314.